The van der Waals surface area contributed by atoms with E-state index in [1.54, 1.807) is 30.3 Å². The summed E-state index contributed by atoms with van der Waals surface area (Å²) in [6.45, 7) is 0. The number of nitrogens with two attached hydrogens (primary N) is 1. The van der Waals surface area contributed by atoms with Gasteiger partial charge in [0, 0.05) is 10.6 Å². The highest BCUT2D eigenvalue weighted by Gasteiger charge is 2.14. The predicted molar refractivity (Wildman–Crippen MR) is 68.5 cm³/mol. The zero-order valence-corrected chi connectivity index (χ0v) is 10.2. The Kier molecular flexibility index (Phi) is 3.31. The number of aromatic nitrogens is 1. The minimum atomic E-state index is -0.299. The molecule has 0 atom stereocenters. The van der Waals surface area contributed by atoms with Crippen molar-refractivity contribution in [1.82, 2.24) is 4.98 Å². The van der Waals surface area contributed by atoms with Crippen LogP contribution in [0.3, 0.4) is 0 Å². The third kappa shape index (κ3) is 2.57. The van der Waals surface area contributed by atoms with E-state index in [2.05, 4.69) is 4.98 Å². The Balaban J connectivity index is 2.47. The number of ketones is 1. The Hall–Kier alpha value is -1.58. The summed E-state index contributed by atoms with van der Waals surface area (Å²) in [5, 5.41) is 0.709. The van der Waals surface area contributed by atoms with Crippen LogP contribution in [0.4, 0.5) is 5.69 Å². The molecule has 0 saturated heterocycles. The average molecular weight is 267 g/mol. The van der Waals surface area contributed by atoms with Gasteiger partial charge in [-0.2, -0.15) is 0 Å². The van der Waals surface area contributed by atoms with Crippen LogP contribution < -0.4 is 5.73 Å². The molecule has 0 aliphatic heterocycles. The maximum Gasteiger partial charge on any atom is 0.213 e. The van der Waals surface area contributed by atoms with Crippen molar-refractivity contribution in [3.63, 3.8) is 0 Å². The van der Waals surface area contributed by atoms with Crippen molar-refractivity contribution >= 4 is 34.7 Å². The first kappa shape index (κ1) is 11.9. The fraction of sp³-hybridized carbons (Fsp3) is 0. The second-order valence-electron chi connectivity index (χ2n) is 3.41. The van der Waals surface area contributed by atoms with Gasteiger partial charge in [0.1, 0.15) is 10.8 Å². The lowest BCUT2D eigenvalue weighted by atomic mass is 10.1. The fourth-order valence-electron chi connectivity index (χ4n) is 1.39. The highest BCUT2D eigenvalue weighted by Crippen LogP contribution is 2.19. The van der Waals surface area contributed by atoms with Crippen molar-refractivity contribution in [3.05, 3.63) is 57.8 Å². The Bertz CT molecular complexity index is 584. The zero-order valence-electron chi connectivity index (χ0n) is 8.65. The molecule has 0 fully saturated rings. The minimum Gasteiger partial charge on any atom is -0.397 e. The van der Waals surface area contributed by atoms with Crippen molar-refractivity contribution in [2.75, 3.05) is 5.73 Å². The number of hydrogen-bond acceptors (Lipinski definition) is 3. The summed E-state index contributed by atoms with van der Waals surface area (Å²) < 4.78 is 0. The number of nitrogens with zero attached hydrogens (tertiary/aromatic N) is 1. The maximum atomic E-state index is 12.1. The van der Waals surface area contributed by atoms with Gasteiger partial charge in [-0.05, 0) is 24.3 Å². The third-order valence-corrected chi connectivity index (χ3v) is 2.64. The smallest absolute Gasteiger partial charge is 0.213 e. The number of carbonyl (C=O) groups is 1. The molecule has 1 aromatic heterocycles. The first-order valence-corrected chi connectivity index (χ1v) is 5.56. The zero-order chi connectivity index (χ0) is 12.4. The molecule has 86 valence electrons. The van der Waals surface area contributed by atoms with Crippen LogP contribution in [0.2, 0.25) is 10.2 Å². The van der Waals surface area contributed by atoms with E-state index in [-0.39, 0.29) is 16.6 Å². The lowest BCUT2D eigenvalue weighted by Gasteiger charge is -2.04. The number of carbonyl (C=O) groups excluding carboxylic acids is 1. The van der Waals surface area contributed by atoms with Crippen LogP contribution in [-0.2, 0) is 0 Å². The second-order valence-corrected chi connectivity index (χ2v) is 4.23. The molecule has 1 aromatic carbocycles. The van der Waals surface area contributed by atoms with E-state index < -0.39 is 0 Å². The van der Waals surface area contributed by atoms with Crippen LogP contribution in [0.1, 0.15) is 16.1 Å². The molecule has 2 rings (SSSR count). The highest BCUT2D eigenvalue weighted by molar-refractivity contribution is 6.31. The Morgan fingerprint density at radius 2 is 1.94 bits per heavy atom. The SMILES string of the molecule is Nc1ccc(Cl)nc1C(=O)c1cccc(Cl)c1. The lowest BCUT2D eigenvalue weighted by Crippen LogP contribution is -2.08. The molecule has 0 radical (unpaired) electrons. The normalized spacial score (nSPS) is 10.2. The summed E-state index contributed by atoms with van der Waals surface area (Å²) in [6.07, 6.45) is 0. The topological polar surface area (TPSA) is 56.0 Å². The van der Waals surface area contributed by atoms with Gasteiger partial charge < -0.3 is 5.73 Å². The van der Waals surface area contributed by atoms with Gasteiger partial charge in [0.15, 0.2) is 0 Å². The van der Waals surface area contributed by atoms with E-state index in [0.717, 1.165) is 0 Å². The lowest BCUT2D eigenvalue weighted by molar-refractivity contribution is 0.103. The van der Waals surface area contributed by atoms with Crippen LogP contribution in [0.15, 0.2) is 36.4 Å². The van der Waals surface area contributed by atoms with E-state index in [0.29, 0.717) is 16.3 Å². The number of pyridine rings is 1. The first-order chi connectivity index (χ1) is 8.08. The van der Waals surface area contributed by atoms with Gasteiger partial charge in [0.25, 0.3) is 0 Å². The van der Waals surface area contributed by atoms with Gasteiger partial charge in [-0.1, -0.05) is 35.3 Å². The van der Waals surface area contributed by atoms with Crippen LogP contribution in [0.25, 0.3) is 0 Å². The van der Waals surface area contributed by atoms with Gasteiger partial charge in [-0.15, -0.1) is 0 Å². The van der Waals surface area contributed by atoms with E-state index in [1.165, 1.54) is 6.07 Å². The summed E-state index contributed by atoms with van der Waals surface area (Å²) in [6, 6.07) is 9.67. The predicted octanol–water partition coefficient (Wildman–Crippen LogP) is 3.20. The van der Waals surface area contributed by atoms with E-state index in [4.69, 9.17) is 28.9 Å². The molecule has 2 aromatic rings. The Morgan fingerprint density at radius 3 is 2.65 bits per heavy atom. The van der Waals surface area contributed by atoms with Gasteiger partial charge in [-0.25, -0.2) is 4.98 Å². The van der Waals surface area contributed by atoms with Crippen molar-refractivity contribution in [1.29, 1.82) is 0 Å². The molecule has 0 unspecified atom stereocenters. The van der Waals surface area contributed by atoms with Crippen molar-refractivity contribution < 1.29 is 4.79 Å². The molecular weight excluding hydrogens is 259 g/mol. The van der Waals surface area contributed by atoms with E-state index in [9.17, 15) is 4.79 Å². The molecule has 0 spiro atoms. The number of nitrogen functional groups attached to an aromatic ring is 1. The third-order valence-electron chi connectivity index (χ3n) is 2.19. The molecule has 0 aliphatic rings. The van der Waals surface area contributed by atoms with Gasteiger partial charge in [0.05, 0.1) is 5.69 Å². The van der Waals surface area contributed by atoms with Crippen LogP contribution in [0, 0.1) is 0 Å². The summed E-state index contributed by atoms with van der Waals surface area (Å²) in [4.78, 5) is 16.0. The highest BCUT2D eigenvalue weighted by atomic mass is 35.5. The molecule has 0 bridgehead atoms. The molecule has 2 N–H and O–H groups in total. The largest absolute Gasteiger partial charge is 0.397 e. The number of anilines is 1. The number of halogens is 2. The molecule has 3 nitrogen and oxygen atoms in total. The van der Waals surface area contributed by atoms with Crippen LogP contribution in [0.5, 0.6) is 0 Å². The molecule has 5 heteroatoms. The summed E-state index contributed by atoms with van der Waals surface area (Å²) >= 11 is 11.6. The quantitative estimate of drug-likeness (QED) is 0.671. The van der Waals surface area contributed by atoms with Gasteiger partial charge in [0.2, 0.25) is 5.78 Å². The van der Waals surface area contributed by atoms with Gasteiger partial charge in [-0.3, -0.25) is 4.79 Å². The fourth-order valence-corrected chi connectivity index (χ4v) is 1.73. The number of hydrogen-bond donors (Lipinski definition) is 1. The summed E-state index contributed by atoms with van der Waals surface area (Å²) in [5.74, 6) is -0.299. The van der Waals surface area contributed by atoms with Crippen molar-refractivity contribution in [2.24, 2.45) is 0 Å². The van der Waals surface area contributed by atoms with E-state index >= 15 is 0 Å². The second kappa shape index (κ2) is 4.73. The van der Waals surface area contributed by atoms with Crippen LogP contribution >= 0.6 is 23.2 Å². The van der Waals surface area contributed by atoms with Crippen LogP contribution in [-0.4, -0.2) is 10.8 Å². The Labute approximate surface area is 108 Å². The standard InChI is InChI=1S/C12H8Cl2N2O/c13-8-3-1-2-7(6-8)12(17)11-9(15)4-5-10(14)16-11/h1-6H,15H2. The molecule has 1 heterocycles. The number of benzene rings is 1. The first-order valence-electron chi connectivity index (χ1n) is 4.80. The van der Waals surface area contributed by atoms with Crippen molar-refractivity contribution in [3.8, 4) is 0 Å². The molecule has 0 amide bonds. The summed E-state index contributed by atoms with van der Waals surface area (Å²) in [5.41, 5.74) is 6.55. The molecule has 0 saturated carbocycles. The maximum absolute atomic E-state index is 12.1. The molecular formula is C12H8Cl2N2O. The van der Waals surface area contributed by atoms with Crippen molar-refractivity contribution in [2.45, 2.75) is 0 Å². The monoisotopic (exact) mass is 266 g/mol. The molecule has 0 aliphatic carbocycles. The number of rotatable bonds is 2. The summed E-state index contributed by atoms with van der Waals surface area (Å²) in [7, 11) is 0. The molecule has 17 heavy (non-hydrogen) atoms. The minimum absolute atomic E-state index is 0.139. The average Bonchev–Trinajstić information content (AvgIpc) is 2.31. The van der Waals surface area contributed by atoms with Gasteiger partial charge >= 0.3 is 0 Å². The Morgan fingerprint density at radius 1 is 1.18 bits per heavy atom. The van der Waals surface area contributed by atoms with E-state index in [1.807, 2.05) is 0 Å².